The Morgan fingerprint density at radius 1 is 0.968 bits per heavy atom. The zero-order valence-corrected chi connectivity index (χ0v) is 17.7. The second-order valence-corrected chi connectivity index (χ2v) is 8.24. The fourth-order valence-corrected chi connectivity index (χ4v) is 3.84. The lowest BCUT2D eigenvalue weighted by Gasteiger charge is -2.13. The van der Waals surface area contributed by atoms with Gasteiger partial charge in [0.15, 0.2) is 0 Å². The van der Waals surface area contributed by atoms with E-state index in [4.69, 9.17) is 9.47 Å². The molecule has 162 valence electrons. The first-order chi connectivity index (χ1) is 14.8. The molecule has 0 bridgehead atoms. The average Bonchev–Trinajstić information content (AvgIpc) is 2.78. The molecule has 0 atom stereocenters. The summed E-state index contributed by atoms with van der Waals surface area (Å²) >= 11 is 0. The SMILES string of the molecule is COc1ccc(CNS(=O)(=O)c2ccc(OC)c(NC(=O)c3ccccc3F)c2)cc1. The van der Waals surface area contributed by atoms with Gasteiger partial charge in [0.1, 0.15) is 17.3 Å². The summed E-state index contributed by atoms with van der Waals surface area (Å²) in [5.74, 6) is -0.517. The number of carbonyl (C=O) groups excluding carboxylic acids is 1. The molecule has 0 saturated heterocycles. The van der Waals surface area contributed by atoms with Crippen LogP contribution in [0.1, 0.15) is 15.9 Å². The van der Waals surface area contributed by atoms with Crippen molar-refractivity contribution in [3.8, 4) is 11.5 Å². The van der Waals surface area contributed by atoms with Crippen molar-refractivity contribution in [2.75, 3.05) is 19.5 Å². The van der Waals surface area contributed by atoms with Gasteiger partial charge in [-0.2, -0.15) is 0 Å². The molecule has 1 amide bonds. The van der Waals surface area contributed by atoms with Gasteiger partial charge in [0, 0.05) is 6.54 Å². The van der Waals surface area contributed by atoms with Crippen molar-refractivity contribution in [1.82, 2.24) is 4.72 Å². The molecule has 0 aliphatic heterocycles. The van der Waals surface area contributed by atoms with Crippen LogP contribution in [0.3, 0.4) is 0 Å². The minimum Gasteiger partial charge on any atom is -0.497 e. The summed E-state index contributed by atoms with van der Waals surface area (Å²) in [5, 5.41) is 2.51. The Bertz CT molecular complexity index is 1180. The zero-order valence-electron chi connectivity index (χ0n) is 16.9. The minimum absolute atomic E-state index is 0.0648. The van der Waals surface area contributed by atoms with Gasteiger partial charge in [-0.15, -0.1) is 0 Å². The van der Waals surface area contributed by atoms with Crippen LogP contribution >= 0.6 is 0 Å². The number of rotatable bonds is 8. The first-order valence-electron chi connectivity index (χ1n) is 9.20. The normalized spacial score (nSPS) is 11.1. The van der Waals surface area contributed by atoms with Crippen molar-refractivity contribution in [3.63, 3.8) is 0 Å². The van der Waals surface area contributed by atoms with Crippen LogP contribution in [-0.2, 0) is 16.6 Å². The summed E-state index contributed by atoms with van der Waals surface area (Å²) in [6.07, 6.45) is 0. The van der Waals surface area contributed by atoms with E-state index in [0.717, 1.165) is 11.6 Å². The van der Waals surface area contributed by atoms with E-state index in [1.54, 1.807) is 31.4 Å². The highest BCUT2D eigenvalue weighted by molar-refractivity contribution is 7.89. The summed E-state index contributed by atoms with van der Waals surface area (Å²) in [5.41, 5.74) is 0.671. The maximum atomic E-state index is 13.9. The Kier molecular flexibility index (Phi) is 6.88. The molecule has 0 heterocycles. The van der Waals surface area contributed by atoms with Crippen LogP contribution < -0.4 is 19.5 Å². The predicted octanol–water partition coefficient (Wildman–Crippen LogP) is 3.57. The number of nitrogens with one attached hydrogen (secondary N) is 2. The number of carbonyl (C=O) groups is 1. The average molecular weight is 444 g/mol. The van der Waals surface area contributed by atoms with Gasteiger partial charge in [0.2, 0.25) is 10.0 Å². The molecule has 3 aromatic carbocycles. The van der Waals surface area contributed by atoms with Gasteiger partial charge in [-0.05, 0) is 48.0 Å². The molecule has 7 nitrogen and oxygen atoms in total. The van der Waals surface area contributed by atoms with E-state index in [1.807, 2.05) is 0 Å². The molecule has 0 aliphatic carbocycles. The van der Waals surface area contributed by atoms with E-state index in [9.17, 15) is 17.6 Å². The Morgan fingerprint density at radius 3 is 2.32 bits per heavy atom. The lowest BCUT2D eigenvalue weighted by Crippen LogP contribution is -2.23. The van der Waals surface area contributed by atoms with Crippen LogP contribution in [0.5, 0.6) is 11.5 Å². The molecule has 2 N–H and O–H groups in total. The molecule has 0 radical (unpaired) electrons. The van der Waals surface area contributed by atoms with Crippen LogP contribution in [0.4, 0.5) is 10.1 Å². The zero-order chi connectivity index (χ0) is 22.4. The topological polar surface area (TPSA) is 93.7 Å². The van der Waals surface area contributed by atoms with Gasteiger partial charge in [0.25, 0.3) is 5.91 Å². The number of hydrogen-bond acceptors (Lipinski definition) is 5. The van der Waals surface area contributed by atoms with E-state index < -0.39 is 21.7 Å². The van der Waals surface area contributed by atoms with Crippen LogP contribution in [-0.4, -0.2) is 28.5 Å². The van der Waals surface area contributed by atoms with E-state index >= 15 is 0 Å². The highest BCUT2D eigenvalue weighted by atomic mass is 32.2. The molecule has 3 aromatic rings. The van der Waals surface area contributed by atoms with Gasteiger partial charge in [-0.1, -0.05) is 24.3 Å². The third-order valence-corrected chi connectivity index (χ3v) is 5.87. The number of halogens is 1. The molecule has 31 heavy (non-hydrogen) atoms. The molecule has 9 heteroatoms. The third kappa shape index (κ3) is 5.39. The van der Waals surface area contributed by atoms with Gasteiger partial charge in [-0.25, -0.2) is 17.5 Å². The van der Waals surface area contributed by atoms with Crippen molar-refractivity contribution in [2.24, 2.45) is 0 Å². The second kappa shape index (κ2) is 9.59. The van der Waals surface area contributed by atoms with Crippen molar-refractivity contribution < 1.29 is 27.1 Å². The van der Waals surface area contributed by atoms with E-state index in [1.165, 1.54) is 43.5 Å². The van der Waals surface area contributed by atoms with Crippen molar-refractivity contribution >= 4 is 21.6 Å². The van der Waals surface area contributed by atoms with Crippen LogP contribution in [0.2, 0.25) is 0 Å². The summed E-state index contributed by atoms with van der Waals surface area (Å²) in [4.78, 5) is 12.4. The number of anilines is 1. The Hall–Kier alpha value is -3.43. The number of ether oxygens (including phenoxy) is 2. The first kappa shape index (κ1) is 22.3. The molecule has 0 spiro atoms. The maximum absolute atomic E-state index is 13.9. The lowest BCUT2D eigenvalue weighted by molar-refractivity contribution is 0.102. The van der Waals surface area contributed by atoms with Gasteiger partial charge in [0.05, 0.1) is 30.4 Å². The summed E-state index contributed by atoms with van der Waals surface area (Å²) in [6.45, 7) is 0.0648. The summed E-state index contributed by atoms with van der Waals surface area (Å²) in [6, 6.07) is 16.5. The van der Waals surface area contributed by atoms with Crippen molar-refractivity contribution in [3.05, 3.63) is 83.7 Å². The Balaban J connectivity index is 1.81. The smallest absolute Gasteiger partial charge is 0.258 e. The molecule has 0 aromatic heterocycles. The molecule has 0 saturated carbocycles. The van der Waals surface area contributed by atoms with E-state index in [-0.39, 0.29) is 28.4 Å². The maximum Gasteiger partial charge on any atom is 0.258 e. The Labute approximate surface area is 179 Å². The number of benzene rings is 3. The highest BCUT2D eigenvalue weighted by Gasteiger charge is 2.19. The van der Waals surface area contributed by atoms with Crippen molar-refractivity contribution in [1.29, 1.82) is 0 Å². The third-order valence-electron chi connectivity index (χ3n) is 4.47. The molecular formula is C22H21FN2O5S. The number of methoxy groups -OCH3 is 2. The second-order valence-electron chi connectivity index (χ2n) is 6.47. The molecule has 0 unspecified atom stereocenters. The molecule has 0 aliphatic rings. The van der Waals surface area contributed by atoms with Gasteiger partial charge >= 0.3 is 0 Å². The lowest BCUT2D eigenvalue weighted by atomic mass is 10.2. The quantitative estimate of drug-likeness (QED) is 0.554. The van der Waals surface area contributed by atoms with Gasteiger partial charge in [-0.3, -0.25) is 4.79 Å². The standard InChI is InChI=1S/C22H21FN2O5S/c1-29-16-9-7-15(8-10-16)14-24-31(27,28)17-11-12-21(30-2)20(13-17)25-22(26)18-5-3-4-6-19(18)23/h3-13,24H,14H2,1-2H3,(H,25,26). The number of sulfonamides is 1. The van der Waals surface area contributed by atoms with Gasteiger partial charge < -0.3 is 14.8 Å². The molecule has 3 rings (SSSR count). The molecule has 0 fully saturated rings. The van der Waals surface area contributed by atoms with Crippen LogP contribution in [0.15, 0.2) is 71.6 Å². The molecular weight excluding hydrogens is 423 g/mol. The fourth-order valence-electron chi connectivity index (χ4n) is 2.79. The Morgan fingerprint density at radius 2 is 1.68 bits per heavy atom. The highest BCUT2D eigenvalue weighted by Crippen LogP contribution is 2.28. The number of amides is 1. The van der Waals surface area contributed by atoms with Crippen LogP contribution in [0.25, 0.3) is 0 Å². The van der Waals surface area contributed by atoms with Crippen LogP contribution in [0, 0.1) is 5.82 Å². The summed E-state index contributed by atoms with van der Waals surface area (Å²) in [7, 11) is -0.968. The monoisotopic (exact) mass is 444 g/mol. The van der Waals surface area contributed by atoms with E-state index in [0.29, 0.717) is 5.75 Å². The van der Waals surface area contributed by atoms with Crippen molar-refractivity contribution in [2.45, 2.75) is 11.4 Å². The predicted molar refractivity (Wildman–Crippen MR) is 114 cm³/mol. The first-order valence-corrected chi connectivity index (χ1v) is 10.7. The minimum atomic E-state index is -3.89. The largest absolute Gasteiger partial charge is 0.497 e. The fraction of sp³-hybridized carbons (Fsp3) is 0.136. The van der Waals surface area contributed by atoms with E-state index in [2.05, 4.69) is 10.0 Å². The summed E-state index contributed by atoms with van der Waals surface area (Å²) < 4.78 is 52.2. The number of hydrogen-bond donors (Lipinski definition) is 2.